The van der Waals surface area contributed by atoms with Gasteiger partial charge in [-0.2, -0.15) is 0 Å². The largest absolute Gasteiger partial charge is 0.382 e. The molecular formula is C9H7ClN4O2. The van der Waals surface area contributed by atoms with Crippen LogP contribution in [0.15, 0.2) is 29.2 Å². The molecule has 3 N–H and O–H groups in total. The van der Waals surface area contributed by atoms with E-state index in [9.17, 15) is 4.79 Å². The SMILES string of the molecule is Nc1ncc(C(=O)Nc2cnoc2)cc1Cl. The van der Waals surface area contributed by atoms with Gasteiger partial charge in [0.1, 0.15) is 17.8 Å². The van der Waals surface area contributed by atoms with Gasteiger partial charge in [-0.05, 0) is 6.07 Å². The molecule has 0 aromatic carbocycles. The van der Waals surface area contributed by atoms with Crippen LogP contribution in [0.3, 0.4) is 0 Å². The van der Waals surface area contributed by atoms with Crippen molar-refractivity contribution in [3.05, 3.63) is 35.3 Å². The van der Waals surface area contributed by atoms with Gasteiger partial charge in [-0.3, -0.25) is 4.79 Å². The van der Waals surface area contributed by atoms with Gasteiger partial charge in [0.2, 0.25) is 0 Å². The van der Waals surface area contributed by atoms with Crippen LogP contribution >= 0.6 is 11.6 Å². The molecule has 2 aromatic heterocycles. The summed E-state index contributed by atoms with van der Waals surface area (Å²) in [5, 5.41) is 6.23. The van der Waals surface area contributed by atoms with Crippen LogP contribution in [0.2, 0.25) is 5.02 Å². The third-order valence-electron chi connectivity index (χ3n) is 1.82. The Balaban J connectivity index is 2.18. The van der Waals surface area contributed by atoms with Crippen molar-refractivity contribution in [3.8, 4) is 0 Å². The summed E-state index contributed by atoms with van der Waals surface area (Å²) in [6.07, 6.45) is 4.03. The Morgan fingerprint density at radius 1 is 1.50 bits per heavy atom. The summed E-state index contributed by atoms with van der Waals surface area (Å²) < 4.78 is 4.57. The summed E-state index contributed by atoms with van der Waals surface area (Å²) >= 11 is 5.74. The van der Waals surface area contributed by atoms with Gasteiger partial charge in [-0.15, -0.1) is 0 Å². The summed E-state index contributed by atoms with van der Waals surface area (Å²) in [6.45, 7) is 0. The van der Waals surface area contributed by atoms with Crippen LogP contribution in [-0.2, 0) is 0 Å². The van der Waals surface area contributed by atoms with E-state index in [0.717, 1.165) is 0 Å². The van der Waals surface area contributed by atoms with E-state index in [-0.39, 0.29) is 16.7 Å². The molecular weight excluding hydrogens is 232 g/mol. The molecule has 0 fully saturated rings. The van der Waals surface area contributed by atoms with E-state index in [1.807, 2.05) is 0 Å². The van der Waals surface area contributed by atoms with Crippen LogP contribution in [0.1, 0.15) is 10.4 Å². The minimum absolute atomic E-state index is 0.184. The maximum Gasteiger partial charge on any atom is 0.257 e. The first-order valence-corrected chi connectivity index (χ1v) is 4.66. The number of hydrogen-bond acceptors (Lipinski definition) is 5. The average molecular weight is 239 g/mol. The van der Waals surface area contributed by atoms with E-state index in [1.54, 1.807) is 0 Å². The monoisotopic (exact) mass is 238 g/mol. The molecule has 0 atom stereocenters. The number of anilines is 2. The van der Waals surface area contributed by atoms with E-state index in [0.29, 0.717) is 11.3 Å². The highest BCUT2D eigenvalue weighted by Crippen LogP contribution is 2.17. The molecule has 82 valence electrons. The zero-order chi connectivity index (χ0) is 11.5. The molecule has 0 aliphatic rings. The van der Waals surface area contributed by atoms with Gasteiger partial charge in [0.05, 0.1) is 16.8 Å². The number of carbonyl (C=O) groups excluding carboxylic acids is 1. The van der Waals surface area contributed by atoms with Gasteiger partial charge >= 0.3 is 0 Å². The van der Waals surface area contributed by atoms with Gasteiger partial charge in [-0.25, -0.2) is 4.98 Å². The van der Waals surface area contributed by atoms with Crippen LogP contribution in [0.4, 0.5) is 11.5 Å². The van der Waals surface area contributed by atoms with Crippen molar-refractivity contribution in [1.29, 1.82) is 0 Å². The maximum absolute atomic E-state index is 11.7. The minimum atomic E-state index is -0.363. The predicted octanol–water partition coefficient (Wildman–Crippen LogP) is 1.56. The molecule has 16 heavy (non-hydrogen) atoms. The van der Waals surface area contributed by atoms with Crippen LogP contribution < -0.4 is 11.1 Å². The number of pyridine rings is 1. The van der Waals surface area contributed by atoms with E-state index in [4.69, 9.17) is 17.3 Å². The first-order chi connectivity index (χ1) is 7.66. The fraction of sp³-hybridized carbons (Fsp3) is 0. The molecule has 7 heteroatoms. The lowest BCUT2D eigenvalue weighted by atomic mass is 10.2. The third-order valence-corrected chi connectivity index (χ3v) is 2.12. The lowest BCUT2D eigenvalue weighted by molar-refractivity contribution is 0.102. The second-order valence-corrected chi connectivity index (χ2v) is 3.37. The number of carbonyl (C=O) groups is 1. The summed E-state index contributed by atoms with van der Waals surface area (Å²) in [7, 11) is 0. The van der Waals surface area contributed by atoms with Crippen molar-refractivity contribution < 1.29 is 9.32 Å². The quantitative estimate of drug-likeness (QED) is 0.828. The summed E-state index contributed by atoms with van der Waals surface area (Å²) in [6, 6.07) is 1.44. The van der Waals surface area contributed by atoms with E-state index < -0.39 is 0 Å². The topological polar surface area (TPSA) is 94.0 Å². The number of halogens is 1. The highest BCUT2D eigenvalue weighted by Gasteiger charge is 2.09. The summed E-state index contributed by atoms with van der Waals surface area (Å²) in [5.74, 6) is -0.180. The lowest BCUT2D eigenvalue weighted by Gasteiger charge is -2.02. The molecule has 2 heterocycles. The fourth-order valence-electron chi connectivity index (χ4n) is 1.04. The molecule has 2 aromatic rings. The second kappa shape index (κ2) is 4.19. The first-order valence-electron chi connectivity index (χ1n) is 4.28. The fourth-order valence-corrected chi connectivity index (χ4v) is 1.21. The molecule has 0 bridgehead atoms. The van der Waals surface area contributed by atoms with Gasteiger partial charge in [-0.1, -0.05) is 16.8 Å². The Hall–Kier alpha value is -2.08. The van der Waals surface area contributed by atoms with Crippen LogP contribution in [0, 0.1) is 0 Å². The molecule has 0 aliphatic carbocycles. The van der Waals surface area contributed by atoms with Gasteiger partial charge in [0.25, 0.3) is 5.91 Å². The summed E-state index contributed by atoms with van der Waals surface area (Å²) in [5.41, 5.74) is 6.19. The molecule has 0 spiro atoms. The number of rotatable bonds is 2. The zero-order valence-corrected chi connectivity index (χ0v) is 8.73. The number of nitrogens with one attached hydrogen (secondary N) is 1. The smallest absolute Gasteiger partial charge is 0.257 e. The van der Waals surface area contributed by atoms with Gasteiger partial charge in [0.15, 0.2) is 0 Å². The Kier molecular flexibility index (Phi) is 2.74. The number of hydrogen-bond donors (Lipinski definition) is 2. The maximum atomic E-state index is 11.7. The third kappa shape index (κ3) is 2.12. The molecule has 0 unspecified atom stereocenters. The van der Waals surface area contributed by atoms with E-state index in [2.05, 4.69) is 20.0 Å². The Labute approximate surface area is 95.4 Å². The average Bonchev–Trinajstić information content (AvgIpc) is 2.74. The van der Waals surface area contributed by atoms with Crippen molar-refractivity contribution in [2.75, 3.05) is 11.1 Å². The van der Waals surface area contributed by atoms with E-state index in [1.165, 1.54) is 24.7 Å². The lowest BCUT2D eigenvalue weighted by Crippen LogP contribution is -2.12. The number of nitrogen functional groups attached to an aromatic ring is 1. The summed E-state index contributed by atoms with van der Waals surface area (Å²) in [4.78, 5) is 15.4. The first kappa shape index (κ1) is 10.4. The molecule has 0 radical (unpaired) electrons. The van der Waals surface area contributed by atoms with Crippen molar-refractivity contribution >= 4 is 29.0 Å². The Morgan fingerprint density at radius 2 is 2.31 bits per heavy atom. The van der Waals surface area contributed by atoms with Gasteiger partial charge in [0, 0.05) is 6.20 Å². The second-order valence-electron chi connectivity index (χ2n) is 2.96. The zero-order valence-electron chi connectivity index (χ0n) is 7.98. The van der Waals surface area contributed by atoms with Crippen LogP contribution in [0.25, 0.3) is 0 Å². The number of nitrogens with two attached hydrogens (primary N) is 1. The van der Waals surface area contributed by atoms with E-state index >= 15 is 0 Å². The minimum Gasteiger partial charge on any atom is -0.382 e. The number of amides is 1. The van der Waals surface area contributed by atoms with Crippen molar-refractivity contribution in [1.82, 2.24) is 10.1 Å². The van der Waals surface area contributed by atoms with Gasteiger partial charge < -0.3 is 15.6 Å². The van der Waals surface area contributed by atoms with Crippen molar-refractivity contribution in [3.63, 3.8) is 0 Å². The van der Waals surface area contributed by atoms with Crippen molar-refractivity contribution in [2.45, 2.75) is 0 Å². The van der Waals surface area contributed by atoms with Crippen molar-refractivity contribution in [2.24, 2.45) is 0 Å². The highest BCUT2D eigenvalue weighted by atomic mass is 35.5. The predicted molar refractivity (Wildman–Crippen MR) is 58.1 cm³/mol. The molecule has 1 amide bonds. The number of aromatic nitrogens is 2. The molecule has 0 saturated heterocycles. The molecule has 6 nitrogen and oxygen atoms in total. The number of nitrogens with zero attached hydrogens (tertiary/aromatic N) is 2. The Bertz CT molecular complexity index is 512. The van der Waals surface area contributed by atoms with Crippen LogP contribution in [-0.4, -0.2) is 16.0 Å². The Morgan fingerprint density at radius 3 is 2.94 bits per heavy atom. The normalized spacial score (nSPS) is 10.1. The molecule has 2 rings (SSSR count). The molecule has 0 saturated carbocycles. The van der Waals surface area contributed by atoms with Crippen LogP contribution in [0.5, 0.6) is 0 Å². The molecule has 0 aliphatic heterocycles. The standard InChI is InChI=1S/C9H7ClN4O2/c10-7-1-5(2-12-8(7)11)9(15)14-6-3-13-16-4-6/h1-4H,(H2,11,12)(H,14,15). The highest BCUT2D eigenvalue weighted by molar-refractivity contribution is 6.33.